The number of ether oxygens (including phenoxy) is 1. The van der Waals surface area contributed by atoms with Crippen LogP contribution in [0.3, 0.4) is 0 Å². The van der Waals surface area contributed by atoms with Gasteiger partial charge in [0.2, 0.25) is 5.88 Å². The predicted molar refractivity (Wildman–Crippen MR) is 98.8 cm³/mol. The molecule has 0 saturated heterocycles. The number of hydrogen-bond acceptors (Lipinski definition) is 5. The molecule has 0 spiro atoms. The first-order chi connectivity index (χ1) is 13.3. The molecule has 0 amide bonds. The molecule has 2 aromatic carbocycles. The Morgan fingerprint density at radius 3 is 2.81 bits per heavy atom. The van der Waals surface area contributed by atoms with E-state index in [1.807, 2.05) is 42.5 Å². The van der Waals surface area contributed by atoms with E-state index in [9.17, 15) is 5.11 Å². The van der Waals surface area contributed by atoms with E-state index < -0.39 is 0 Å². The van der Waals surface area contributed by atoms with Crippen LogP contribution in [0.2, 0.25) is 0 Å². The van der Waals surface area contributed by atoms with Crippen LogP contribution in [0, 0.1) is 5.41 Å². The number of nitrogens with one attached hydrogen (secondary N) is 1. The van der Waals surface area contributed by atoms with Gasteiger partial charge in [0.05, 0.1) is 24.4 Å². The van der Waals surface area contributed by atoms with Crippen molar-refractivity contribution in [3.8, 4) is 11.6 Å². The van der Waals surface area contributed by atoms with E-state index in [1.165, 1.54) is 6.33 Å². The summed E-state index contributed by atoms with van der Waals surface area (Å²) >= 11 is 0. The molecule has 4 aromatic rings. The molecule has 0 fully saturated rings. The van der Waals surface area contributed by atoms with Gasteiger partial charge in [-0.15, -0.1) is 0 Å². The third kappa shape index (κ3) is 2.38. The molecule has 1 aliphatic rings. The van der Waals surface area contributed by atoms with Crippen molar-refractivity contribution in [1.29, 1.82) is 5.41 Å². The average molecular weight is 359 g/mol. The number of nitrogens with zero attached hydrogens (tertiary/aromatic N) is 2. The zero-order valence-corrected chi connectivity index (χ0v) is 14.4. The lowest BCUT2D eigenvalue weighted by Crippen LogP contribution is -2.30. The Morgan fingerprint density at radius 1 is 1.11 bits per heavy atom. The van der Waals surface area contributed by atoms with Crippen molar-refractivity contribution in [2.45, 2.75) is 12.5 Å². The lowest BCUT2D eigenvalue weighted by molar-refractivity contribution is 0.271. The number of benzene rings is 2. The maximum absolute atomic E-state index is 9.29. The molecular weight excluding hydrogens is 342 g/mol. The Balaban J connectivity index is 1.82. The molecule has 1 aliphatic heterocycles. The van der Waals surface area contributed by atoms with Crippen LogP contribution < -0.4 is 10.2 Å². The van der Waals surface area contributed by atoms with Crippen molar-refractivity contribution >= 4 is 10.8 Å². The Hall–Kier alpha value is -3.38. The molecule has 6 nitrogen and oxygen atoms in total. The van der Waals surface area contributed by atoms with Crippen molar-refractivity contribution in [2.75, 3.05) is 6.61 Å². The topological polar surface area (TPSA) is 84.3 Å². The lowest BCUT2D eigenvalue weighted by Gasteiger charge is -2.28. The molecule has 3 heterocycles. The standard InChI is InChI=1S/C21H17N3O3/c22-20-18-17(16-6-3-11-26-16)15-8-7-13-4-1-2-5-14(13)19(15)27-21(18)23-12-24(20)9-10-25/h1-8,11-12,17,22,25H,9-10H2. The number of furan rings is 1. The summed E-state index contributed by atoms with van der Waals surface area (Å²) in [6, 6.07) is 15.9. The van der Waals surface area contributed by atoms with Crippen molar-refractivity contribution in [1.82, 2.24) is 9.55 Å². The molecule has 27 heavy (non-hydrogen) atoms. The number of aliphatic hydroxyl groups excluding tert-OH is 1. The average Bonchev–Trinajstić information content (AvgIpc) is 3.23. The normalized spacial score (nSPS) is 15.2. The fourth-order valence-electron chi connectivity index (χ4n) is 3.73. The fraction of sp³-hybridized carbons (Fsp3) is 0.143. The van der Waals surface area contributed by atoms with Gasteiger partial charge in [-0.3, -0.25) is 5.41 Å². The second kappa shape index (κ2) is 6.10. The number of fused-ring (bicyclic) bond motifs is 4. The van der Waals surface area contributed by atoms with Gasteiger partial charge in [0, 0.05) is 17.5 Å². The van der Waals surface area contributed by atoms with E-state index in [-0.39, 0.29) is 18.0 Å². The summed E-state index contributed by atoms with van der Waals surface area (Å²) in [7, 11) is 0. The van der Waals surface area contributed by atoms with E-state index in [1.54, 1.807) is 10.8 Å². The maximum atomic E-state index is 9.29. The first kappa shape index (κ1) is 15.8. The van der Waals surface area contributed by atoms with Crippen molar-refractivity contribution < 1.29 is 14.3 Å². The molecule has 0 bridgehead atoms. The van der Waals surface area contributed by atoms with Gasteiger partial charge in [0.25, 0.3) is 0 Å². The van der Waals surface area contributed by atoms with Crippen molar-refractivity contribution in [3.63, 3.8) is 0 Å². The van der Waals surface area contributed by atoms with Gasteiger partial charge in [0.15, 0.2) is 0 Å². The van der Waals surface area contributed by atoms with Crippen molar-refractivity contribution in [3.05, 3.63) is 83.5 Å². The van der Waals surface area contributed by atoms with E-state index in [2.05, 4.69) is 11.1 Å². The van der Waals surface area contributed by atoms with Crippen LogP contribution in [-0.4, -0.2) is 21.3 Å². The molecule has 1 atom stereocenters. The summed E-state index contributed by atoms with van der Waals surface area (Å²) < 4.78 is 13.5. The highest BCUT2D eigenvalue weighted by atomic mass is 16.5. The number of aliphatic hydroxyl groups is 1. The second-order valence-corrected chi connectivity index (χ2v) is 6.48. The highest BCUT2D eigenvalue weighted by Crippen LogP contribution is 2.47. The molecule has 2 aromatic heterocycles. The molecule has 0 saturated carbocycles. The van der Waals surface area contributed by atoms with Crippen LogP contribution in [0.5, 0.6) is 11.6 Å². The minimum atomic E-state index is -0.297. The van der Waals surface area contributed by atoms with Gasteiger partial charge in [-0.2, -0.15) is 0 Å². The number of aromatic nitrogens is 2. The number of hydrogen-bond donors (Lipinski definition) is 2. The van der Waals surface area contributed by atoms with Crippen LogP contribution in [0.4, 0.5) is 0 Å². The van der Waals surface area contributed by atoms with Gasteiger partial charge in [-0.25, -0.2) is 4.98 Å². The molecule has 0 aliphatic carbocycles. The van der Waals surface area contributed by atoms with Crippen LogP contribution in [0.15, 0.2) is 65.5 Å². The number of rotatable bonds is 3. The first-order valence-corrected chi connectivity index (χ1v) is 8.75. The first-order valence-electron chi connectivity index (χ1n) is 8.75. The van der Waals surface area contributed by atoms with Gasteiger partial charge in [-0.05, 0) is 17.5 Å². The summed E-state index contributed by atoms with van der Waals surface area (Å²) in [6.45, 7) is 0.235. The Labute approximate surface area is 154 Å². The predicted octanol–water partition coefficient (Wildman–Crippen LogP) is 3.39. The minimum Gasteiger partial charge on any atom is -0.468 e. The highest BCUT2D eigenvalue weighted by molar-refractivity contribution is 5.91. The highest BCUT2D eigenvalue weighted by Gasteiger charge is 2.34. The summed E-state index contributed by atoms with van der Waals surface area (Å²) in [5, 5.41) is 20.0. The summed E-state index contributed by atoms with van der Waals surface area (Å²) in [4.78, 5) is 4.43. The molecule has 6 heteroatoms. The summed E-state index contributed by atoms with van der Waals surface area (Å²) in [5.74, 6) is 1.58. The molecule has 1 unspecified atom stereocenters. The van der Waals surface area contributed by atoms with Gasteiger partial charge >= 0.3 is 0 Å². The van der Waals surface area contributed by atoms with E-state index in [0.717, 1.165) is 27.8 Å². The molecule has 0 radical (unpaired) electrons. The Kier molecular flexibility index (Phi) is 3.58. The second-order valence-electron chi connectivity index (χ2n) is 6.48. The largest absolute Gasteiger partial charge is 0.468 e. The van der Waals surface area contributed by atoms with Crippen LogP contribution in [0.1, 0.15) is 22.8 Å². The van der Waals surface area contributed by atoms with Gasteiger partial charge in [-0.1, -0.05) is 36.4 Å². The quantitative estimate of drug-likeness (QED) is 0.517. The SMILES string of the molecule is N=c1c2c(ncn1CCO)Oc1c(ccc3ccccc13)C2c1ccco1. The summed E-state index contributed by atoms with van der Waals surface area (Å²) in [5.41, 5.74) is 1.84. The Morgan fingerprint density at radius 2 is 2.00 bits per heavy atom. The third-order valence-electron chi connectivity index (χ3n) is 4.96. The zero-order valence-electron chi connectivity index (χ0n) is 14.4. The van der Waals surface area contributed by atoms with E-state index >= 15 is 0 Å². The van der Waals surface area contributed by atoms with Crippen molar-refractivity contribution in [2.24, 2.45) is 0 Å². The molecule has 2 N–H and O–H groups in total. The van der Waals surface area contributed by atoms with E-state index in [4.69, 9.17) is 14.6 Å². The Bertz CT molecular complexity index is 1200. The minimum absolute atomic E-state index is 0.0650. The smallest absolute Gasteiger partial charge is 0.228 e. The lowest BCUT2D eigenvalue weighted by atomic mass is 9.86. The molecule has 5 rings (SSSR count). The molecular formula is C21H17N3O3. The zero-order chi connectivity index (χ0) is 18.4. The molecule has 134 valence electrons. The van der Waals surface area contributed by atoms with Gasteiger partial charge in [0.1, 0.15) is 23.3 Å². The van der Waals surface area contributed by atoms with Crippen LogP contribution in [0.25, 0.3) is 10.8 Å². The third-order valence-corrected chi connectivity index (χ3v) is 4.96. The van der Waals surface area contributed by atoms with Gasteiger partial charge < -0.3 is 18.8 Å². The van der Waals surface area contributed by atoms with Crippen LogP contribution in [-0.2, 0) is 6.54 Å². The van der Waals surface area contributed by atoms with E-state index in [0.29, 0.717) is 18.0 Å². The van der Waals surface area contributed by atoms with Crippen LogP contribution >= 0.6 is 0 Å². The fourth-order valence-corrected chi connectivity index (χ4v) is 3.73. The summed E-state index contributed by atoms with van der Waals surface area (Å²) in [6.07, 6.45) is 3.17. The maximum Gasteiger partial charge on any atom is 0.228 e. The monoisotopic (exact) mass is 359 g/mol.